The van der Waals surface area contributed by atoms with Gasteiger partial charge in [-0.05, 0) is 59.6 Å². The quantitative estimate of drug-likeness (QED) is 0.186. The average molecular weight is 643 g/mol. The van der Waals surface area contributed by atoms with Crippen LogP contribution in [0.5, 0.6) is 0 Å². The number of carbonyl (C=O) groups excluding carboxylic acids is 4. The molecule has 0 aromatic heterocycles. The van der Waals surface area contributed by atoms with Gasteiger partial charge in [-0.25, -0.2) is 19.2 Å². The Balaban J connectivity index is -0.000000518. The van der Waals surface area contributed by atoms with Crippen LogP contribution in [0.15, 0.2) is 60.7 Å². The van der Waals surface area contributed by atoms with E-state index in [1.54, 1.807) is 20.8 Å². The van der Waals surface area contributed by atoms with E-state index in [-0.39, 0.29) is 26.4 Å². The fourth-order valence-electron chi connectivity index (χ4n) is 2.28. The van der Waals surface area contributed by atoms with E-state index < -0.39 is 48.3 Å². The first-order valence-corrected chi connectivity index (χ1v) is 14.3. The monoisotopic (exact) mass is 642 g/mol. The summed E-state index contributed by atoms with van der Waals surface area (Å²) < 4.78 is 18.4. The molecule has 0 aliphatic rings. The van der Waals surface area contributed by atoms with Gasteiger partial charge < -0.3 is 44.5 Å². The lowest BCUT2D eigenvalue weighted by atomic mass is 10.2. The zero-order valence-corrected chi connectivity index (χ0v) is 27.1. The average Bonchev–Trinajstić information content (AvgIpc) is 3.02. The van der Waals surface area contributed by atoms with E-state index in [1.165, 1.54) is 27.7 Å². The lowest BCUT2D eigenvalue weighted by Crippen LogP contribution is -2.30. The summed E-state index contributed by atoms with van der Waals surface area (Å²) in [5.74, 6) is -2.60. The van der Waals surface area contributed by atoms with E-state index in [4.69, 9.17) is 30.3 Å². The van der Waals surface area contributed by atoms with Gasteiger partial charge in [0.15, 0.2) is 6.10 Å². The summed E-state index contributed by atoms with van der Waals surface area (Å²) in [6.07, 6.45) is -4.24. The minimum absolute atomic E-state index is 0.140. The fourth-order valence-corrected chi connectivity index (χ4v) is 2.28. The topological polar surface area (TPSA) is 206 Å². The SMILES string of the molecule is CC(O)C(=O)OCc1ccccc1.CCO.CCOC(=O)C(C)O.CCOC(=O)C(C)OC(=O)C(C)O.OCc1ccccc1. The second kappa shape index (κ2) is 30.2. The number of aliphatic hydroxyl groups excluding tert-OH is 5. The van der Waals surface area contributed by atoms with E-state index in [2.05, 4.69) is 14.2 Å². The van der Waals surface area contributed by atoms with Crippen molar-refractivity contribution in [1.82, 2.24) is 0 Å². The smallest absolute Gasteiger partial charge is 0.347 e. The molecule has 0 aliphatic carbocycles. The highest BCUT2D eigenvalue weighted by Gasteiger charge is 2.21. The molecule has 0 amide bonds. The Morgan fingerprint density at radius 1 is 0.578 bits per heavy atom. The Morgan fingerprint density at radius 2 is 0.933 bits per heavy atom. The van der Waals surface area contributed by atoms with Crippen LogP contribution in [0.3, 0.4) is 0 Å². The molecule has 13 nitrogen and oxygen atoms in total. The molecule has 4 atom stereocenters. The first kappa shape index (κ1) is 45.5. The van der Waals surface area contributed by atoms with E-state index >= 15 is 0 Å². The van der Waals surface area contributed by atoms with Crippen LogP contribution in [0.1, 0.15) is 59.6 Å². The third kappa shape index (κ3) is 28.6. The summed E-state index contributed by atoms with van der Waals surface area (Å²) in [5, 5.41) is 42.2. The minimum Gasteiger partial charge on any atom is -0.464 e. The van der Waals surface area contributed by atoms with Gasteiger partial charge in [-0.1, -0.05) is 60.7 Å². The van der Waals surface area contributed by atoms with Crippen molar-refractivity contribution < 1.29 is 63.7 Å². The predicted octanol–water partition coefficient (Wildman–Crippen LogP) is 2.08. The van der Waals surface area contributed by atoms with Gasteiger partial charge in [0, 0.05) is 6.61 Å². The molecule has 0 heterocycles. The van der Waals surface area contributed by atoms with Gasteiger partial charge in [0.1, 0.15) is 24.9 Å². The molecule has 13 heteroatoms. The Labute approximate surface area is 265 Å². The summed E-state index contributed by atoms with van der Waals surface area (Å²) in [4.78, 5) is 42.8. The number of rotatable bonds is 10. The van der Waals surface area contributed by atoms with Crippen molar-refractivity contribution in [3.05, 3.63) is 71.8 Å². The van der Waals surface area contributed by atoms with Crippen LogP contribution >= 0.6 is 0 Å². The maximum absolute atomic E-state index is 10.9. The molecule has 0 aliphatic heterocycles. The molecule has 0 bridgehead atoms. The van der Waals surface area contributed by atoms with Gasteiger partial charge >= 0.3 is 23.9 Å². The predicted molar refractivity (Wildman–Crippen MR) is 165 cm³/mol. The van der Waals surface area contributed by atoms with Gasteiger partial charge in [0.25, 0.3) is 0 Å². The number of hydrogen-bond acceptors (Lipinski definition) is 13. The van der Waals surface area contributed by atoms with Crippen molar-refractivity contribution in [2.75, 3.05) is 19.8 Å². The van der Waals surface area contributed by atoms with Crippen molar-refractivity contribution in [3.63, 3.8) is 0 Å². The minimum atomic E-state index is -1.23. The van der Waals surface area contributed by atoms with Crippen LogP contribution in [0, 0.1) is 0 Å². The molecule has 0 spiro atoms. The fraction of sp³-hybridized carbons (Fsp3) is 0.500. The van der Waals surface area contributed by atoms with E-state index in [0.29, 0.717) is 6.61 Å². The summed E-state index contributed by atoms with van der Waals surface area (Å²) >= 11 is 0. The van der Waals surface area contributed by atoms with E-state index in [0.717, 1.165) is 11.1 Å². The number of aliphatic hydroxyl groups is 5. The molecule has 0 radical (unpaired) electrons. The van der Waals surface area contributed by atoms with Crippen molar-refractivity contribution in [2.24, 2.45) is 0 Å². The highest BCUT2D eigenvalue weighted by atomic mass is 16.6. The van der Waals surface area contributed by atoms with Gasteiger partial charge in [-0.3, -0.25) is 0 Å². The zero-order chi connectivity index (χ0) is 35.2. The summed E-state index contributed by atoms with van der Waals surface area (Å²) in [7, 11) is 0. The van der Waals surface area contributed by atoms with Crippen LogP contribution in [-0.2, 0) is 51.3 Å². The van der Waals surface area contributed by atoms with Crippen LogP contribution in [0.2, 0.25) is 0 Å². The first-order valence-electron chi connectivity index (χ1n) is 14.3. The lowest BCUT2D eigenvalue weighted by Gasteiger charge is -2.12. The number of carbonyl (C=O) groups is 4. The Kier molecular flexibility index (Phi) is 30.5. The molecule has 45 heavy (non-hydrogen) atoms. The zero-order valence-electron chi connectivity index (χ0n) is 27.1. The molecular formula is C32H50O13. The molecule has 0 fully saturated rings. The number of esters is 4. The maximum Gasteiger partial charge on any atom is 0.347 e. The summed E-state index contributed by atoms with van der Waals surface area (Å²) in [6.45, 7) is 11.6. The van der Waals surface area contributed by atoms with Crippen molar-refractivity contribution in [2.45, 2.75) is 86.1 Å². The largest absolute Gasteiger partial charge is 0.464 e. The molecule has 0 saturated carbocycles. The van der Waals surface area contributed by atoms with Crippen molar-refractivity contribution in [1.29, 1.82) is 0 Å². The van der Waals surface area contributed by atoms with Crippen LogP contribution < -0.4 is 0 Å². The van der Waals surface area contributed by atoms with Crippen molar-refractivity contribution in [3.8, 4) is 0 Å². The van der Waals surface area contributed by atoms with Gasteiger partial charge in [0.05, 0.1) is 19.8 Å². The molecule has 256 valence electrons. The molecule has 2 aromatic carbocycles. The highest BCUT2D eigenvalue weighted by molar-refractivity contribution is 5.80. The number of ether oxygens (including phenoxy) is 4. The number of hydrogen-bond donors (Lipinski definition) is 5. The lowest BCUT2D eigenvalue weighted by molar-refractivity contribution is -0.171. The summed E-state index contributed by atoms with van der Waals surface area (Å²) in [6, 6.07) is 18.9. The Bertz CT molecular complexity index is 1010. The molecule has 0 saturated heterocycles. The van der Waals surface area contributed by atoms with E-state index in [9.17, 15) is 19.2 Å². The second-order valence-corrected chi connectivity index (χ2v) is 8.66. The highest BCUT2D eigenvalue weighted by Crippen LogP contribution is 2.01. The van der Waals surface area contributed by atoms with Crippen LogP contribution in [0.25, 0.3) is 0 Å². The molecule has 2 rings (SSSR count). The Morgan fingerprint density at radius 3 is 1.24 bits per heavy atom. The first-order chi connectivity index (χ1) is 21.2. The van der Waals surface area contributed by atoms with Gasteiger partial charge in [0.2, 0.25) is 0 Å². The van der Waals surface area contributed by atoms with Crippen molar-refractivity contribution >= 4 is 23.9 Å². The van der Waals surface area contributed by atoms with Crippen LogP contribution in [-0.4, -0.2) is 93.6 Å². The molecule has 2 aromatic rings. The summed E-state index contributed by atoms with van der Waals surface area (Å²) in [5.41, 5.74) is 1.88. The molecular weight excluding hydrogens is 592 g/mol. The van der Waals surface area contributed by atoms with Gasteiger partial charge in [-0.2, -0.15) is 0 Å². The molecule has 5 N–H and O–H groups in total. The maximum atomic E-state index is 10.9. The van der Waals surface area contributed by atoms with Crippen LogP contribution in [0.4, 0.5) is 0 Å². The Hall–Kier alpha value is -3.88. The van der Waals surface area contributed by atoms with E-state index in [1.807, 2.05) is 60.7 Å². The molecule has 4 unspecified atom stereocenters. The van der Waals surface area contributed by atoms with Gasteiger partial charge in [-0.15, -0.1) is 0 Å². The number of benzene rings is 2. The second-order valence-electron chi connectivity index (χ2n) is 8.66. The normalized spacial score (nSPS) is 12.0. The standard InChI is InChI=1S/C10H12O3.C8H14O5.C7H8O.C5H10O3.C2H6O/c1-8(11)10(12)13-7-9-5-3-2-4-6-9;1-4-12-8(11)6(3)13-7(10)5(2)9;8-6-7-4-2-1-3-5-7;1-3-8-5(7)4(2)6;1-2-3/h2-6,8,11H,7H2,1H3;5-6,9H,4H2,1-3H3;1-5,8H,6H2;4,6H,3H2,1-2H3;3H,2H2,1H3. The third-order valence-corrected chi connectivity index (χ3v) is 4.47. The third-order valence-electron chi connectivity index (χ3n) is 4.47.